The van der Waals surface area contributed by atoms with Crippen LogP contribution in [0.15, 0.2) is 48.7 Å². The summed E-state index contributed by atoms with van der Waals surface area (Å²) in [5, 5.41) is 26.6. The molecule has 28 heavy (non-hydrogen) atoms. The topological polar surface area (TPSA) is 126 Å². The number of anilines is 3. The van der Waals surface area contributed by atoms with Crippen molar-refractivity contribution in [3.8, 4) is 11.4 Å². The Morgan fingerprint density at radius 3 is 2.71 bits per heavy atom. The van der Waals surface area contributed by atoms with Gasteiger partial charge < -0.3 is 15.7 Å². The highest BCUT2D eigenvalue weighted by Gasteiger charge is 2.16. The van der Waals surface area contributed by atoms with E-state index in [9.17, 15) is 10.1 Å². The summed E-state index contributed by atoms with van der Waals surface area (Å²) in [6.07, 6.45) is 2.17. The summed E-state index contributed by atoms with van der Waals surface area (Å²) in [5.74, 6) is 0.649. The maximum Gasteiger partial charge on any atom is 0.292 e. The number of rotatable bonds is 8. The molecule has 0 aliphatic rings. The Balaban J connectivity index is 1.99. The third-order valence-corrected chi connectivity index (χ3v) is 3.92. The number of aliphatic hydroxyl groups excluding tert-OH is 1. The van der Waals surface area contributed by atoms with Gasteiger partial charge in [-0.25, -0.2) is 4.98 Å². The minimum Gasteiger partial charge on any atom is -0.396 e. The molecule has 0 spiro atoms. The van der Waals surface area contributed by atoms with Crippen LogP contribution in [0.5, 0.6) is 0 Å². The van der Waals surface area contributed by atoms with Crippen LogP contribution in [0.3, 0.4) is 0 Å². The smallest absolute Gasteiger partial charge is 0.292 e. The fraction of sp³-hybridized carbons (Fsp3) is 0.167. The molecule has 3 aromatic rings. The lowest BCUT2D eigenvalue weighted by Gasteiger charge is -2.11. The van der Waals surface area contributed by atoms with Crippen molar-refractivity contribution in [1.29, 1.82) is 0 Å². The van der Waals surface area contributed by atoms with Gasteiger partial charge in [-0.15, -0.1) is 0 Å². The second-order valence-electron chi connectivity index (χ2n) is 5.72. The molecule has 10 heteroatoms. The molecule has 2 aromatic heterocycles. The minimum absolute atomic E-state index is 0.0345. The summed E-state index contributed by atoms with van der Waals surface area (Å²) in [6.45, 7) is 0.506. The van der Waals surface area contributed by atoms with Crippen LogP contribution in [0.1, 0.15) is 6.42 Å². The second-order valence-corrected chi connectivity index (χ2v) is 6.16. The summed E-state index contributed by atoms with van der Waals surface area (Å²) in [5.41, 5.74) is 1.25. The third kappa shape index (κ3) is 4.90. The summed E-state index contributed by atoms with van der Waals surface area (Å²) >= 11 is 5.99. The Morgan fingerprint density at radius 2 is 2.00 bits per heavy atom. The van der Waals surface area contributed by atoms with Crippen LogP contribution in [0, 0.1) is 10.1 Å². The first-order valence-electron chi connectivity index (χ1n) is 8.43. The van der Waals surface area contributed by atoms with Crippen molar-refractivity contribution >= 4 is 34.7 Å². The lowest BCUT2D eigenvalue weighted by atomic mass is 10.2. The molecule has 3 rings (SSSR count). The number of halogens is 1. The molecule has 0 unspecified atom stereocenters. The number of hydrogen-bond donors (Lipinski definition) is 3. The van der Waals surface area contributed by atoms with Crippen molar-refractivity contribution in [3.05, 3.63) is 63.8 Å². The van der Waals surface area contributed by atoms with Gasteiger partial charge in [-0.2, -0.15) is 4.98 Å². The predicted octanol–water partition coefficient (Wildman–Crippen LogP) is 3.64. The molecular formula is C18H17ClN6O3. The van der Waals surface area contributed by atoms with Gasteiger partial charge in [-0.3, -0.25) is 15.1 Å². The van der Waals surface area contributed by atoms with Crippen LogP contribution in [0.4, 0.5) is 23.1 Å². The van der Waals surface area contributed by atoms with Crippen molar-refractivity contribution in [2.24, 2.45) is 0 Å². The van der Waals surface area contributed by atoms with Crippen LogP contribution >= 0.6 is 11.6 Å². The molecule has 9 nitrogen and oxygen atoms in total. The number of aromatic nitrogens is 3. The molecule has 0 aliphatic heterocycles. The summed E-state index contributed by atoms with van der Waals surface area (Å²) in [7, 11) is 0. The van der Waals surface area contributed by atoms with E-state index in [0.29, 0.717) is 41.1 Å². The summed E-state index contributed by atoms with van der Waals surface area (Å²) in [6, 6.07) is 11.3. The number of benzene rings is 1. The lowest BCUT2D eigenvalue weighted by molar-refractivity contribution is -0.383. The third-order valence-electron chi connectivity index (χ3n) is 3.69. The Hall–Kier alpha value is -3.30. The largest absolute Gasteiger partial charge is 0.396 e. The van der Waals surface area contributed by atoms with E-state index >= 15 is 0 Å². The van der Waals surface area contributed by atoms with E-state index in [4.69, 9.17) is 16.7 Å². The highest BCUT2D eigenvalue weighted by atomic mass is 35.5. The predicted molar refractivity (Wildman–Crippen MR) is 107 cm³/mol. The van der Waals surface area contributed by atoms with Crippen LogP contribution in [-0.2, 0) is 0 Å². The number of hydrogen-bond acceptors (Lipinski definition) is 8. The molecule has 0 saturated carbocycles. The van der Waals surface area contributed by atoms with E-state index < -0.39 is 4.92 Å². The van der Waals surface area contributed by atoms with Crippen LogP contribution in [0.2, 0.25) is 5.02 Å². The van der Waals surface area contributed by atoms with Gasteiger partial charge >= 0.3 is 0 Å². The number of pyridine rings is 1. The summed E-state index contributed by atoms with van der Waals surface area (Å²) in [4.78, 5) is 23.8. The average Bonchev–Trinajstić information content (AvgIpc) is 2.68. The van der Waals surface area contributed by atoms with Crippen molar-refractivity contribution in [1.82, 2.24) is 15.0 Å². The molecule has 2 heterocycles. The molecule has 3 N–H and O–H groups in total. The zero-order valence-electron chi connectivity index (χ0n) is 14.7. The monoisotopic (exact) mass is 400 g/mol. The highest BCUT2D eigenvalue weighted by molar-refractivity contribution is 6.31. The fourth-order valence-corrected chi connectivity index (χ4v) is 2.59. The highest BCUT2D eigenvalue weighted by Crippen LogP contribution is 2.31. The van der Waals surface area contributed by atoms with Crippen molar-refractivity contribution in [2.45, 2.75) is 6.42 Å². The van der Waals surface area contributed by atoms with Crippen molar-refractivity contribution in [2.75, 3.05) is 23.8 Å². The Kier molecular flexibility index (Phi) is 6.30. The second kappa shape index (κ2) is 9.07. The number of nitrogens with one attached hydrogen (secondary N) is 2. The molecular weight excluding hydrogens is 384 g/mol. The zero-order chi connectivity index (χ0) is 19.9. The first kappa shape index (κ1) is 19.5. The van der Waals surface area contributed by atoms with Gasteiger partial charge in [-0.05, 0) is 30.7 Å². The SMILES string of the molecule is O=[N+]([O-])c1ccc(Cl)cc1Nc1cc(-c2ccccn2)nc(NCCCO)n1. The Morgan fingerprint density at radius 1 is 1.14 bits per heavy atom. The minimum atomic E-state index is -0.500. The number of aliphatic hydroxyl groups is 1. The average molecular weight is 401 g/mol. The number of nitro benzene ring substituents is 1. The van der Waals surface area contributed by atoms with Crippen LogP contribution < -0.4 is 10.6 Å². The summed E-state index contributed by atoms with van der Waals surface area (Å²) < 4.78 is 0. The number of nitro groups is 1. The van der Waals surface area contributed by atoms with E-state index in [1.807, 2.05) is 6.07 Å². The van der Waals surface area contributed by atoms with Crippen molar-refractivity contribution in [3.63, 3.8) is 0 Å². The molecule has 1 aromatic carbocycles. The Bertz CT molecular complexity index is 971. The van der Waals surface area contributed by atoms with E-state index in [1.54, 1.807) is 24.4 Å². The molecule has 0 aliphatic carbocycles. The van der Waals surface area contributed by atoms with Gasteiger partial charge in [0, 0.05) is 36.5 Å². The normalized spacial score (nSPS) is 10.5. The molecule has 0 amide bonds. The Labute approximate surface area is 165 Å². The van der Waals surface area contributed by atoms with E-state index in [2.05, 4.69) is 25.6 Å². The van der Waals surface area contributed by atoms with E-state index in [0.717, 1.165) is 0 Å². The lowest BCUT2D eigenvalue weighted by Crippen LogP contribution is -2.09. The van der Waals surface area contributed by atoms with Gasteiger partial charge in [0.15, 0.2) is 0 Å². The first-order chi connectivity index (χ1) is 13.6. The molecule has 0 fully saturated rings. The van der Waals surface area contributed by atoms with Crippen LogP contribution in [-0.4, -0.2) is 38.1 Å². The van der Waals surface area contributed by atoms with Gasteiger partial charge in [-0.1, -0.05) is 17.7 Å². The quantitative estimate of drug-likeness (QED) is 0.297. The van der Waals surface area contributed by atoms with Gasteiger partial charge in [0.2, 0.25) is 5.95 Å². The van der Waals surface area contributed by atoms with Gasteiger partial charge in [0.1, 0.15) is 11.5 Å². The maximum atomic E-state index is 11.3. The van der Waals surface area contributed by atoms with E-state index in [1.165, 1.54) is 18.2 Å². The molecule has 0 atom stereocenters. The van der Waals surface area contributed by atoms with Crippen LogP contribution in [0.25, 0.3) is 11.4 Å². The number of nitrogens with zero attached hydrogens (tertiary/aromatic N) is 4. The van der Waals surface area contributed by atoms with Gasteiger partial charge in [0.05, 0.1) is 16.3 Å². The molecule has 0 bridgehead atoms. The maximum absolute atomic E-state index is 11.3. The molecule has 0 radical (unpaired) electrons. The van der Waals surface area contributed by atoms with Crippen molar-refractivity contribution < 1.29 is 10.0 Å². The van der Waals surface area contributed by atoms with E-state index in [-0.39, 0.29) is 18.0 Å². The zero-order valence-corrected chi connectivity index (χ0v) is 15.4. The molecule has 144 valence electrons. The fourth-order valence-electron chi connectivity index (χ4n) is 2.42. The standard InChI is InChI=1S/C18H17ClN6O3/c19-12-5-6-16(25(27)28)15(10-12)22-17-11-14(13-4-1-2-7-20-13)23-18(24-17)21-8-3-9-26/h1-2,4-7,10-11,26H,3,8-9H2,(H2,21,22,23,24). The van der Waals surface area contributed by atoms with Gasteiger partial charge in [0.25, 0.3) is 5.69 Å². The molecule has 0 saturated heterocycles. The first-order valence-corrected chi connectivity index (χ1v) is 8.81.